The molecule has 0 saturated heterocycles. The van der Waals surface area contributed by atoms with E-state index in [0.29, 0.717) is 38.8 Å². The van der Waals surface area contributed by atoms with Crippen molar-refractivity contribution in [2.75, 3.05) is 7.11 Å². The zero-order valence-corrected chi connectivity index (χ0v) is 18.0. The Kier molecular flexibility index (Phi) is 6.32. The van der Waals surface area contributed by atoms with E-state index in [9.17, 15) is 9.59 Å². The number of carboxylic acid groups (broad SMARTS) is 1. The van der Waals surface area contributed by atoms with Crippen molar-refractivity contribution in [2.45, 2.75) is 6.61 Å². The van der Waals surface area contributed by atoms with Gasteiger partial charge in [-0.1, -0.05) is 11.6 Å². The number of aromatic carboxylic acids is 1. The summed E-state index contributed by atoms with van der Waals surface area (Å²) >= 11 is 5.95. The second-order valence-corrected chi connectivity index (χ2v) is 7.20. The Labute approximate surface area is 192 Å². The zero-order valence-electron chi connectivity index (χ0n) is 17.2. The number of methoxy groups -OCH3 is 1. The van der Waals surface area contributed by atoms with Gasteiger partial charge in [-0.05, 0) is 60.2 Å². The number of nitrogens with one attached hydrogen (secondary N) is 1. The molecule has 10 heteroatoms. The van der Waals surface area contributed by atoms with Gasteiger partial charge in [-0.25, -0.2) is 10.2 Å². The Morgan fingerprint density at radius 3 is 2.67 bits per heavy atom. The van der Waals surface area contributed by atoms with Gasteiger partial charge < -0.3 is 23.4 Å². The third kappa shape index (κ3) is 5.16. The van der Waals surface area contributed by atoms with E-state index in [1.54, 1.807) is 42.5 Å². The summed E-state index contributed by atoms with van der Waals surface area (Å²) in [4.78, 5) is 23.2. The first kappa shape index (κ1) is 22.0. The number of halogens is 1. The fraction of sp³-hybridized carbons (Fsp3) is 0.0870. The lowest BCUT2D eigenvalue weighted by Gasteiger charge is -2.10. The minimum Gasteiger partial charge on any atom is -0.493 e. The molecule has 0 radical (unpaired) electrons. The predicted molar refractivity (Wildman–Crippen MR) is 119 cm³/mol. The highest BCUT2D eigenvalue weighted by molar-refractivity contribution is 6.31. The highest BCUT2D eigenvalue weighted by Gasteiger charge is 2.13. The topological polar surface area (TPSA) is 124 Å². The second-order valence-electron chi connectivity index (χ2n) is 6.76. The number of nitrogens with zero attached hydrogens (tertiary/aromatic N) is 1. The van der Waals surface area contributed by atoms with Gasteiger partial charge in [0.1, 0.15) is 18.0 Å². The first-order valence-corrected chi connectivity index (χ1v) is 9.96. The van der Waals surface area contributed by atoms with Crippen molar-refractivity contribution in [2.24, 2.45) is 5.10 Å². The molecule has 2 heterocycles. The van der Waals surface area contributed by atoms with Crippen LogP contribution in [0.15, 0.2) is 68.5 Å². The summed E-state index contributed by atoms with van der Waals surface area (Å²) in [7, 11) is 1.48. The third-order valence-corrected chi connectivity index (χ3v) is 4.75. The summed E-state index contributed by atoms with van der Waals surface area (Å²) in [6.07, 6.45) is 1.44. The average Bonchev–Trinajstić information content (AvgIpc) is 3.45. The first-order valence-electron chi connectivity index (χ1n) is 9.58. The van der Waals surface area contributed by atoms with Gasteiger partial charge >= 0.3 is 11.9 Å². The van der Waals surface area contributed by atoms with Crippen LogP contribution < -0.4 is 14.9 Å². The number of carbonyl (C=O) groups excluding carboxylic acids is 1. The van der Waals surface area contributed by atoms with Crippen LogP contribution in [0.3, 0.4) is 0 Å². The lowest BCUT2D eigenvalue weighted by Crippen LogP contribution is -2.16. The SMILES string of the molecule is COc1cc(/C=N\NC(=O)c2cc3cc(Cl)ccc3o2)ccc1OCc1ccc(C(=O)O)o1. The lowest BCUT2D eigenvalue weighted by atomic mass is 10.2. The Hall–Kier alpha value is -4.24. The number of furan rings is 2. The molecule has 2 aromatic heterocycles. The minimum atomic E-state index is -1.15. The highest BCUT2D eigenvalue weighted by atomic mass is 35.5. The van der Waals surface area contributed by atoms with E-state index in [1.807, 2.05) is 0 Å². The number of carboxylic acids is 1. The number of ether oxygens (including phenoxy) is 2. The first-order chi connectivity index (χ1) is 15.9. The Balaban J connectivity index is 1.39. The van der Waals surface area contributed by atoms with Gasteiger partial charge in [-0.2, -0.15) is 5.10 Å². The molecule has 33 heavy (non-hydrogen) atoms. The maximum absolute atomic E-state index is 12.3. The number of fused-ring (bicyclic) bond motifs is 1. The molecule has 9 nitrogen and oxygen atoms in total. The van der Waals surface area contributed by atoms with E-state index in [4.69, 9.17) is 35.0 Å². The second kappa shape index (κ2) is 9.49. The van der Waals surface area contributed by atoms with Gasteiger partial charge in [0.2, 0.25) is 5.76 Å². The third-order valence-electron chi connectivity index (χ3n) is 4.51. The quantitative estimate of drug-likeness (QED) is 0.283. The molecule has 2 N–H and O–H groups in total. The maximum Gasteiger partial charge on any atom is 0.371 e. The number of hydrogen-bond donors (Lipinski definition) is 2. The number of amides is 1. The smallest absolute Gasteiger partial charge is 0.371 e. The lowest BCUT2D eigenvalue weighted by molar-refractivity contribution is 0.0657. The van der Waals surface area contributed by atoms with Gasteiger partial charge in [0.15, 0.2) is 17.3 Å². The molecule has 0 atom stereocenters. The molecule has 0 aliphatic rings. The van der Waals surface area contributed by atoms with Crippen LogP contribution in [0, 0.1) is 0 Å². The van der Waals surface area contributed by atoms with Gasteiger partial charge in [0.25, 0.3) is 0 Å². The fourth-order valence-electron chi connectivity index (χ4n) is 2.95. The molecule has 0 unspecified atom stereocenters. The standard InChI is InChI=1S/C23H17ClN2O7/c1-30-20-8-13(2-5-18(20)31-12-16-4-7-19(32-16)23(28)29)11-25-26-22(27)21-10-14-9-15(24)3-6-17(14)33-21/h2-11H,12H2,1H3,(H,26,27)(H,28,29)/b25-11-. The largest absolute Gasteiger partial charge is 0.493 e. The van der Waals surface area contributed by atoms with Crippen LogP contribution in [-0.2, 0) is 6.61 Å². The Bertz CT molecular complexity index is 1360. The van der Waals surface area contributed by atoms with E-state index in [2.05, 4.69) is 10.5 Å². The van der Waals surface area contributed by atoms with Gasteiger partial charge in [-0.15, -0.1) is 0 Å². The van der Waals surface area contributed by atoms with Crippen molar-refractivity contribution >= 4 is 40.7 Å². The van der Waals surface area contributed by atoms with Crippen molar-refractivity contribution in [3.8, 4) is 11.5 Å². The average molecular weight is 469 g/mol. The summed E-state index contributed by atoms with van der Waals surface area (Å²) in [5.41, 5.74) is 3.59. The Morgan fingerprint density at radius 1 is 1.06 bits per heavy atom. The number of carbonyl (C=O) groups is 2. The minimum absolute atomic E-state index is 0.0237. The molecule has 0 bridgehead atoms. The summed E-state index contributed by atoms with van der Waals surface area (Å²) in [5.74, 6) is -0.521. The predicted octanol–water partition coefficient (Wildman–Crippen LogP) is 4.73. The molecule has 4 aromatic rings. The van der Waals surface area contributed by atoms with E-state index < -0.39 is 11.9 Å². The molecule has 0 aliphatic carbocycles. The molecule has 4 rings (SSSR count). The van der Waals surface area contributed by atoms with E-state index in [0.717, 1.165) is 0 Å². The summed E-state index contributed by atoms with van der Waals surface area (Å²) < 4.78 is 21.6. The maximum atomic E-state index is 12.3. The number of rotatable bonds is 8. The zero-order chi connectivity index (χ0) is 23.4. The van der Waals surface area contributed by atoms with Crippen LogP contribution in [0.4, 0.5) is 0 Å². The highest BCUT2D eigenvalue weighted by Crippen LogP contribution is 2.28. The van der Waals surface area contributed by atoms with Crippen molar-refractivity contribution in [1.82, 2.24) is 5.43 Å². The normalized spacial score (nSPS) is 11.1. The van der Waals surface area contributed by atoms with Crippen molar-refractivity contribution < 1.29 is 33.0 Å². The number of hydrogen-bond acceptors (Lipinski definition) is 7. The van der Waals surface area contributed by atoms with Crippen molar-refractivity contribution in [3.63, 3.8) is 0 Å². The van der Waals surface area contributed by atoms with Gasteiger partial charge in [0.05, 0.1) is 13.3 Å². The van der Waals surface area contributed by atoms with E-state index >= 15 is 0 Å². The van der Waals surface area contributed by atoms with Crippen LogP contribution in [0.25, 0.3) is 11.0 Å². The van der Waals surface area contributed by atoms with E-state index in [1.165, 1.54) is 25.5 Å². The molecule has 0 fully saturated rings. The summed E-state index contributed by atoms with van der Waals surface area (Å²) in [5, 5.41) is 14.1. The fourth-order valence-corrected chi connectivity index (χ4v) is 3.13. The summed E-state index contributed by atoms with van der Waals surface area (Å²) in [6, 6.07) is 14.6. The molecule has 0 aliphatic heterocycles. The van der Waals surface area contributed by atoms with Crippen LogP contribution >= 0.6 is 11.6 Å². The van der Waals surface area contributed by atoms with Crippen LogP contribution in [-0.4, -0.2) is 30.3 Å². The number of hydrazone groups is 1. The van der Waals surface area contributed by atoms with Crippen molar-refractivity contribution in [1.29, 1.82) is 0 Å². The van der Waals surface area contributed by atoms with Gasteiger partial charge in [0, 0.05) is 10.4 Å². The molecular weight excluding hydrogens is 452 g/mol. The van der Waals surface area contributed by atoms with Crippen molar-refractivity contribution in [3.05, 3.63) is 82.5 Å². The van der Waals surface area contributed by atoms with E-state index in [-0.39, 0.29) is 18.1 Å². The van der Waals surface area contributed by atoms with Crippen LogP contribution in [0.5, 0.6) is 11.5 Å². The van der Waals surface area contributed by atoms with Crippen LogP contribution in [0.2, 0.25) is 5.02 Å². The molecule has 0 saturated carbocycles. The monoisotopic (exact) mass is 468 g/mol. The molecule has 0 spiro atoms. The molecule has 2 aromatic carbocycles. The number of benzene rings is 2. The molecular formula is C23H17ClN2O7. The van der Waals surface area contributed by atoms with Gasteiger partial charge in [-0.3, -0.25) is 4.79 Å². The Morgan fingerprint density at radius 2 is 1.91 bits per heavy atom. The summed E-state index contributed by atoms with van der Waals surface area (Å²) in [6.45, 7) is 0.0237. The molecule has 1 amide bonds. The molecule has 168 valence electrons. The van der Waals surface area contributed by atoms with Crippen LogP contribution in [0.1, 0.15) is 32.4 Å².